The van der Waals surface area contributed by atoms with Gasteiger partial charge >= 0.3 is 0 Å². The molecule has 5 rings (SSSR count). The topological polar surface area (TPSA) is 89.2 Å². The summed E-state index contributed by atoms with van der Waals surface area (Å²) in [5.74, 6) is 0.888. The molecule has 2 aliphatic heterocycles. The average molecular weight is 441 g/mol. The van der Waals surface area contributed by atoms with Gasteiger partial charge in [0.25, 0.3) is 11.5 Å². The second kappa shape index (κ2) is 8.69. The van der Waals surface area contributed by atoms with Gasteiger partial charge in [0.05, 0.1) is 6.04 Å². The Kier molecular flexibility index (Phi) is 5.98. The number of nitrogens with zero attached hydrogens (tertiary/aromatic N) is 2. The number of amides is 1. The minimum Gasteiger partial charge on any atom is -0.360 e. The molecule has 0 saturated carbocycles. The number of hydrogen-bond acceptors (Lipinski definition) is 5. The number of pyridine rings is 1. The Morgan fingerprint density at radius 3 is 2.81 bits per heavy atom. The summed E-state index contributed by atoms with van der Waals surface area (Å²) >= 11 is 0. The number of nitrogens with one attached hydrogen (secondary N) is 2. The fourth-order valence-electron chi connectivity index (χ4n) is 4.89. The second-order valence-corrected chi connectivity index (χ2v) is 8.12. The minimum absolute atomic E-state index is 0. The molecule has 2 aromatic heterocycles. The van der Waals surface area contributed by atoms with Crippen LogP contribution in [0.2, 0.25) is 0 Å². The van der Waals surface area contributed by atoms with Crippen molar-refractivity contribution >= 4 is 18.3 Å². The second-order valence-electron chi connectivity index (χ2n) is 8.12. The van der Waals surface area contributed by atoms with E-state index in [-0.39, 0.29) is 29.9 Å². The summed E-state index contributed by atoms with van der Waals surface area (Å²) in [6.45, 7) is 3.86. The molecule has 0 spiro atoms. The van der Waals surface area contributed by atoms with E-state index in [1.807, 2.05) is 47.0 Å². The lowest BCUT2D eigenvalue weighted by Crippen LogP contribution is -2.50. The molecule has 8 heteroatoms. The van der Waals surface area contributed by atoms with Gasteiger partial charge in [-0.05, 0) is 25.3 Å². The van der Waals surface area contributed by atoms with E-state index in [1.54, 1.807) is 13.0 Å². The van der Waals surface area contributed by atoms with Crippen LogP contribution in [0, 0.1) is 12.8 Å². The fourth-order valence-corrected chi connectivity index (χ4v) is 4.89. The van der Waals surface area contributed by atoms with Crippen LogP contribution in [0.5, 0.6) is 0 Å². The van der Waals surface area contributed by atoms with Crippen molar-refractivity contribution in [2.45, 2.75) is 25.3 Å². The van der Waals surface area contributed by atoms with Gasteiger partial charge in [-0.25, -0.2) is 0 Å². The van der Waals surface area contributed by atoms with Gasteiger partial charge in [-0.2, -0.15) is 0 Å². The molecule has 2 N–H and O–H groups in total. The van der Waals surface area contributed by atoms with Crippen molar-refractivity contribution in [1.82, 2.24) is 20.4 Å². The number of benzene rings is 1. The lowest BCUT2D eigenvalue weighted by molar-refractivity contribution is 0.0931. The number of hydrogen-bond donors (Lipinski definition) is 2. The zero-order chi connectivity index (χ0) is 20.7. The lowest BCUT2D eigenvalue weighted by Gasteiger charge is -2.43. The van der Waals surface area contributed by atoms with Crippen molar-refractivity contribution < 1.29 is 9.32 Å². The van der Waals surface area contributed by atoms with Crippen LogP contribution in [0.15, 0.2) is 57.8 Å². The third-order valence-corrected chi connectivity index (χ3v) is 6.31. The van der Waals surface area contributed by atoms with E-state index in [2.05, 4.69) is 15.8 Å². The fraction of sp³-hybridized carbons (Fsp3) is 0.348. The van der Waals surface area contributed by atoms with Crippen LogP contribution in [-0.4, -0.2) is 35.3 Å². The maximum Gasteiger partial charge on any atom is 0.257 e. The highest BCUT2D eigenvalue weighted by atomic mass is 35.5. The normalized spacial score (nSPS) is 21.6. The van der Waals surface area contributed by atoms with Gasteiger partial charge in [-0.3, -0.25) is 9.59 Å². The van der Waals surface area contributed by atoms with Gasteiger partial charge in [0.2, 0.25) is 0 Å². The highest BCUT2D eigenvalue weighted by molar-refractivity contribution is 6.00. The van der Waals surface area contributed by atoms with E-state index < -0.39 is 0 Å². The Morgan fingerprint density at radius 1 is 1.19 bits per heavy atom. The van der Waals surface area contributed by atoms with Gasteiger partial charge < -0.3 is 19.7 Å². The third kappa shape index (κ3) is 3.79. The Labute approximate surface area is 186 Å². The SMILES string of the molecule is Cc1onc(-c2ccccc2)c1C(=O)NC[C@H]1[C@@H]2CNC[C@@H](C2)c2cccc(=O)n21.Cl. The predicted molar refractivity (Wildman–Crippen MR) is 120 cm³/mol. The van der Waals surface area contributed by atoms with Crippen molar-refractivity contribution in [3.8, 4) is 11.3 Å². The maximum absolute atomic E-state index is 13.1. The van der Waals surface area contributed by atoms with Crippen LogP contribution >= 0.6 is 12.4 Å². The van der Waals surface area contributed by atoms with E-state index in [9.17, 15) is 9.59 Å². The summed E-state index contributed by atoms with van der Waals surface area (Å²) in [6, 6.07) is 14.9. The molecule has 0 radical (unpaired) electrons. The number of carbonyl (C=O) groups excluding carboxylic acids is 1. The number of piperidine rings is 1. The maximum atomic E-state index is 13.1. The summed E-state index contributed by atoms with van der Waals surface area (Å²) in [4.78, 5) is 25.8. The third-order valence-electron chi connectivity index (χ3n) is 6.31. The van der Waals surface area contributed by atoms with Crippen molar-refractivity contribution in [2.24, 2.45) is 5.92 Å². The zero-order valence-corrected chi connectivity index (χ0v) is 18.0. The standard InChI is InChI=1S/C23H24N4O3.ClH/c1-14-21(22(26-30-14)15-6-3-2-4-7-15)23(29)25-13-19-17-10-16(11-24-12-17)18-8-5-9-20(28)27(18)19;/h2-9,16-17,19,24H,10-13H2,1H3,(H,25,29);1H/t16-,17+,19+;/m1./s1. The molecule has 31 heavy (non-hydrogen) atoms. The van der Waals surface area contributed by atoms with Crippen molar-refractivity contribution in [3.63, 3.8) is 0 Å². The summed E-state index contributed by atoms with van der Waals surface area (Å²) in [5, 5.41) is 10.6. The predicted octanol–water partition coefficient (Wildman–Crippen LogP) is 2.91. The quantitative estimate of drug-likeness (QED) is 0.651. The largest absolute Gasteiger partial charge is 0.360 e. The van der Waals surface area contributed by atoms with Gasteiger partial charge in [-0.1, -0.05) is 41.6 Å². The molecule has 3 aromatic rings. The number of fused-ring (bicyclic) bond motifs is 4. The van der Waals surface area contributed by atoms with Gasteiger partial charge in [0.1, 0.15) is 17.0 Å². The highest BCUT2D eigenvalue weighted by Gasteiger charge is 2.38. The number of halogens is 1. The van der Waals surface area contributed by atoms with Crippen LogP contribution in [0.25, 0.3) is 11.3 Å². The van der Waals surface area contributed by atoms with Crippen molar-refractivity contribution in [2.75, 3.05) is 19.6 Å². The van der Waals surface area contributed by atoms with Crippen LogP contribution in [0.4, 0.5) is 0 Å². The van der Waals surface area contributed by atoms with Crippen molar-refractivity contribution in [3.05, 3.63) is 75.9 Å². The van der Waals surface area contributed by atoms with Crippen LogP contribution in [0.3, 0.4) is 0 Å². The number of aryl methyl sites for hydroxylation is 1. The Bertz CT molecular complexity index is 1140. The van der Waals surface area contributed by atoms with Gasteiger partial charge in [-0.15, -0.1) is 12.4 Å². The Morgan fingerprint density at radius 2 is 2.00 bits per heavy atom. The van der Waals surface area contributed by atoms with Crippen LogP contribution in [-0.2, 0) is 0 Å². The first-order valence-corrected chi connectivity index (χ1v) is 10.4. The van der Waals surface area contributed by atoms with Gasteiger partial charge in [0, 0.05) is 42.9 Å². The Balaban J connectivity index is 0.00000231. The number of rotatable bonds is 4. The smallest absolute Gasteiger partial charge is 0.257 e. The number of aromatic nitrogens is 2. The molecular formula is C23H25ClN4O3. The van der Waals surface area contributed by atoms with E-state index in [4.69, 9.17) is 4.52 Å². The van der Waals surface area contributed by atoms with Crippen LogP contribution in [0.1, 0.15) is 40.2 Å². The highest BCUT2D eigenvalue weighted by Crippen LogP contribution is 2.38. The van der Waals surface area contributed by atoms with Crippen LogP contribution < -0.4 is 16.2 Å². The number of carbonyl (C=O) groups is 1. The lowest BCUT2D eigenvalue weighted by atomic mass is 9.79. The van der Waals surface area contributed by atoms with E-state index >= 15 is 0 Å². The molecule has 7 nitrogen and oxygen atoms in total. The zero-order valence-electron chi connectivity index (χ0n) is 17.2. The molecule has 3 atom stereocenters. The summed E-state index contributed by atoms with van der Waals surface area (Å²) in [5.41, 5.74) is 2.85. The molecule has 4 heterocycles. The molecule has 1 fully saturated rings. The first-order valence-electron chi connectivity index (χ1n) is 10.4. The Hall–Kier alpha value is -2.90. The van der Waals surface area contributed by atoms with Crippen molar-refractivity contribution in [1.29, 1.82) is 0 Å². The molecule has 1 amide bonds. The first-order chi connectivity index (χ1) is 14.6. The van der Waals surface area contributed by atoms with E-state index in [1.165, 1.54) is 0 Å². The molecule has 1 saturated heterocycles. The van der Waals surface area contributed by atoms with E-state index in [0.717, 1.165) is 30.8 Å². The average Bonchev–Trinajstić information content (AvgIpc) is 3.16. The molecular weight excluding hydrogens is 416 g/mol. The summed E-state index contributed by atoms with van der Waals surface area (Å²) < 4.78 is 7.22. The molecule has 0 unspecified atom stereocenters. The van der Waals surface area contributed by atoms with E-state index in [0.29, 0.717) is 35.4 Å². The summed E-state index contributed by atoms with van der Waals surface area (Å²) in [7, 11) is 0. The summed E-state index contributed by atoms with van der Waals surface area (Å²) in [6.07, 6.45) is 1.03. The monoisotopic (exact) mass is 440 g/mol. The molecule has 2 aliphatic rings. The first kappa shape index (κ1) is 21.3. The van der Waals surface area contributed by atoms with Gasteiger partial charge in [0.15, 0.2) is 0 Å². The molecule has 2 bridgehead atoms. The molecule has 0 aliphatic carbocycles. The molecule has 1 aromatic carbocycles. The minimum atomic E-state index is -0.232. The molecule has 162 valence electrons.